The zero-order chi connectivity index (χ0) is 29.9. The molecule has 0 radical (unpaired) electrons. The van der Waals surface area contributed by atoms with E-state index < -0.39 is 11.4 Å². The van der Waals surface area contributed by atoms with Crippen molar-refractivity contribution in [3.05, 3.63) is 42.0 Å². The first-order valence-corrected chi connectivity index (χ1v) is 15.4. The third-order valence-corrected chi connectivity index (χ3v) is 8.47. The molecule has 228 valence electrons. The average Bonchev–Trinajstić information content (AvgIpc) is 3.45. The molecule has 0 spiro atoms. The van der Waals surface area contributed by atoms with Gasteiger partial charge in [-0.15, -0.1) is 0 Å². The first kappa shape index (κ1) is 30.2. The smallest absolute Gasteiger partial charge is 0.306 e. The molecule has 2 heterocycles. The number of anilines is 1. The number of ether oxygens (including phenoxy) is 3. The molecule has 3 fully saturated rings. The van der Waals surface area contributed by atoms with Gasteiger partial charge in [0.05, 0.1) is 13.2 Å². The summed E-state index contributed by atoms with van der Waals surface area (Å²) in [5.41, 5.74) is 0.609. The minimum atomic E-state index is -0.511. The molecule has 4 atom stereocenters. The van der Waals surface area contributed by atoms with Crippen LogP contribution in [0, 0.1) is 23.6 Å². The molecule has 1 aromatic heterocycles. The van der Waals surface area contributed by atoms with E-state index >= 15 is 4.39 Å². The third-order valence-electron chi connectivity index (χ3n) is 8.47. The first-order valence-electron chi connectivity index (χ1n) is 15.4. The number of carbonyl (C=O) groups excluding carboxylic acids is 2. The summed E-state index contributed by atoms with van der Waals surface area (Å²) in [4.78, 5) is 35.3. The molecule has 3 aliphatic rings. The van der Waals surface area contributed by atoms with Gasteiger partial charge in [0, 0.05) is 31.7 Å². The summed E-state index contributed by atoms with van der Waals surface area (Å²) in [5.74, 6) is 1.47. The number of rotatable bonds is 12. The highest BCUT2D eigenvalue weighted by molar-refractivity contribution is 5.82. The van der Waals surface area contributed by atoms with Gasteiger partial charge >= 0.3 is 5.97 Å². The first-order chi connectivity index (χ1) is 20.0. The van der Waals surface area contributed by atoms with Crippen LogP contribution >= 0.6 is 0 Å². The van der Waals surface area contributed by atoms with Crippen molar-refractivity contribution in [2.45, 2.75) is 96.7 Å². The van der Waals surface area contributed by atoms with Gasteiger partial charge in [0.1, 0.15) is 29.6 Å². The molecule has 5 rings (SSSR count). The van der Waals surface area contributed by atoms with Gasteiger partial charge in [-0.1, -0.05) is 19.1 Å². The fraction of sp³-hybridized carbons (Fsp3) is 0.636. The highest BCUT2D eigenvalue weighted by atomic mass is 19.1. The van der Waals surface area contributed by atoms with Crippen LogP contribution in [0.15, 0.2) is 30.6 Å². The Kier molecular flexibility index (Phi) is 9.33. The van der Waals surface area contributed by atoms with E-state index in [0.29, 0.717) is 38.5 Å². The summed E-state index contributed by atoms with van der Waals surface area (Å²) in [7, 11) is 0. The van der Waals surface area contributed by atoms with Gasteiger partial charge in [-0.05, 0) is 88.3 Å². The molecule has 0 amide bonds. The van der Waals surface area contributed by atoms with E-state index in [1.54, 1.807) is 0 Å². The molecule has 0 bridgehead atoms. The molecule has 1 saturated heterocycles. The van der Waals surface area contributed by atoms with E-state index in [2.05, 4.69) is 16.9 Å². The van der Waals surface area contributed by atoms with Crippen molar-refractivity contribution in [2.75, 3.05) is 24.6 Å². The summed E-state index contributed by atoms with van der Waals surface area (Å²) in [6, 6.07) is 7.93. The van der Waals surface area contributed by atoms with Gasteiger partial charge in [0.25, 0.3) is 5.88 Å². The predicted octanol–water partition coefficient (Wildman–Crippen LogP) is 6.27. The number of nitrogens with zero attached hydrogens (tertiary/aromatic N) is 3. The molecule has 2 saturated carbocycles. The molecule has 8 nitrogen and oxygen atoms in total. The lowest BCUT2D eigenvalue weighted by atomic mass is 9.89. The van der Waals surface area contributed by atoms with Crippen molar-refractivity contribution < 1.29 is 28.2 Å². The largest absolute Gasteiger partial charge is 0.489 e. The molecule has 1 aromatic carbocycles. The van der Waals surface area contributed by atoms with E-state index in [4.69, 9.17) is 14.2 Å². The van der Waals surface area contributed by atoms with Crippen LogP contribution in [0.25, 0.3) is 0 Å². The Morgan fingerprint density at radius 2 is 1.79 bits per heavy atom. The number of aromatic nitrogens is 2. The minimum absolute atomic E-state index is 0.0213. The summed E-state index contributed by atoms with van der Waals surface area (Å²) in [6.07, 6.45) is 7.66. The molecular weight excluding hydrogens is 537 g/mol. The van der Waals surface area contributed by atoms with Crippen LogP contribution in [0.4, 0.5) is 10.2 Å². The maximum Gasteiger partial charge on any atom is 0.306 e. The normalized spacial score (nSPS) is 23.1. The predicted molar refractivity (Wildman–Crippen MR) is 157 cm³/mol. The van der Waals surface area contributed by atoms with Gasteiger partial charge in [-0.2, -0.15) is 9.37 Å². The van der Waals surface area contributed by atoms with Crippen LogP contribution in [-0.4, -0.2) is 53.1 Å². The van der Waals surface area contributed by atoms with Gasteiger partial charge in [-0.25, -0.2) is 4.98 Å². The maximum atomic E-state index is 15.0. The Hall–Kier alpha value is -3.23. The van der Waals surface area contributed by atoms with Crippen LogP contribution in [0.2, 0.25) is 0 Å². The minimum Gasteiger partial charge on any atom is -0.489 e. The SMILES string of the molecule is C[C@H](CC(=O)[C@@H]1CC[C@@H](CC(=O)OC(C)(C)C)C1)c1ccc(OC2CCN(c3ncnc(OCC4CC4)c3F)C2)cc1. The Morgan fingerprint density at radius 1 is 1.05 bits per heavy atom. The lowest BCUT2D eigenvalue weighted by molar-refractivity contribution is -0.156. The molecule has 2 aliphatic carbocycles. The molecule has 9 heteroatoms. The van der Waals surface area contributed by atoms with E-state index in [-0.39, 0.29) is 47.3 Å². The Labute approximate surface area is 248 Å². The zero-order valence-electron chi connectivity index (χ0n) is 25.3. The molecule has 1 unspecified atom stereocenters. The second-order valence-corrected chi connectivity index (χ2v) is 13.4. The fourth-order valence-electron chi connectivity index (χ4n) is 5.99. The maximum absolute atomic E-state index is 15.0. The molecular formula is C33H44FN3O5. The van der Waals surface area contributed by atoms with Crippen LogP contribution < -0.4 is 14.4 Å². The second-order valence-electron chi connectivity index (χ2n) is 13.4. The summed E-state index contributed by atoms with van der Waals surface area (Å²) < 4.78 is 32.3. The van der Waals surface area contributed by atoms with E-state index in [9.17, 15) is 9.59 Å². The Morgan fingerprint density at radius 3 is 2.50 bits per heavy atom. The third kappa shape index (κ3) is 8.19. The molecule has 1 aliphatic heterocycles. The van der Waals surface area contributed by atoms with Crippen molar-refractivity contribution >= 4 is 17.6 Å². The summed E-state index contributed by atoms with van der Waals surface area (Å²) >= 11 is 0. The van der Waals surface area contributed by atoms with E-state index in [0.717, 1.165) is 49.8 Å². The number of benzene rings is 1. The number of Topliss-reactive ketones (excluding diaryl/α,β-unsaturated/α-hetero) is 1. The molecule has 42 heavy (non-hydrogen) atoms. The lowest BCUT2D eigenvalue weighted by Gasteiger charge is -2.21. The zero-order valence-corrected chi connectivity index (χ0v) is 25.3. The van der Waals surface area contributed by atoms with Crippen LogP contribution in [0.3, 0.4) is 0 Å². The van der Waals surface area contributed by atoms with Crippen LogP contribution in [0.1, 0.15) is 90.5 Å². The highest BCUT2D eigenvalue weighted by Crippen LogP contribution is 2.37. The Bertz CT molecular complexity index is 1240. The van der Waals surface area contributed by atoms with Crippen molar-refractivity contribution in [1.29, 1.82) is 0 Å². The van der Waals surface area contributed by atoms with Crippen LogP contribution in [0.5, 0.6) is 11.6 Å². The average molecular weight is 582 g/mol. The second kappa shape index (κ2) is 13.0. The number of carbonyl (C=O) groups is 2. The topological polar surface area (TPSA) is 90.9 Å². The van der Waals surface area contributed by atoms with Gasteiger partial charge in [0.2, 0.25) is 5.82 Å². The van der Waals surface area contributed by atoms with Gasteiger partial charge < -0.3 is 19.1 Å². The number of hydrogen-bond acceptors (Lipinski definition) is 8. The van der Waals surface area contributed by atoms with E-state index in [1.165, 1.54) is 6.33 Å². The molecule has 2 aromatic rings. The van der Waals surface area contributed by atoms with E-state index in [1.807, 2.05) is 49.9 Å². The van der Waals surface area contributed by atoms with Gasteiger partial charge in [-0.3, -0.25) is 9.59 Å². The lowest BCUT2D eigenvalue weighted by Crippen LogP contribution is -2.26. The fourth-order valence-corrected chi connectivity index (χ4v) is 5.99. The number of esters is 1. The van der Waals surface area contributed by atoms with Crippen LogP contribution in [-0.2, 0) is 14.3 Å². The van der Waals surface area contributed by atoms with Crippen molar-refractivity contribution in [2.24, 2.45) is 17.8 Å². The quantitative estimate of drug-likeness (QED) is 0.271. The summed E-state index contributed by atoms with van der Waals surface area (Å²) in [5, 5.41) is 0. The van der Waals surface area contributed by atoms with Crippen molar-refractivity contribution in [3.8, 4) is 11.6 Å². The standard InChI is InChI=1S/C33H44FN3O5/c1-21(15-28(38)25-8-7-23(16-25)17-29(39)42-33(2,3)4)24-9-11-26(12-10-24)41-27-13-14-37(18-27)31-30(34)32(36-20-35-31)40-19-22-5-6-22/h9-12,20-23,25,27H,5-8,13-19H2,1-4H3/t21-,23-,25-,27?/m1/s1. The number of ketones is 1. The van der Waals surface area contributed by atoms with Gasteiger partial charge in [0.15, 0.2) is 5.82 Å². The monoisotopic (exact) mass is 581 g/mol. The van der Waals surface area contributed by atoms with Crippen molar-refractivity contribution in [3.63, 3.8) is 0 Å². The molecule has 0 N–H and O–H groups in total. The number of hydrogen-bond donors (Lipinski definition) is 0. The highest BCUT2D eigenvalue weighted by Gasteiger charge is 2.33. The Balaban J connectivity index is 1.07. The summed E-state index contributed by atoms with van der Waals surface area (Å²) in [6.45, 7) is 9.36. The number of halogens is 1. The van der Waals surface area contributed by atoms with Crippen molar-refractivity contribution in [1.82, 2.24) is 9.97 Å².